The molecule has 0 saturated heterocycles. The van der Waals surface area contributed by atoms with Gasteiger partial charge in [0.05, 0.1) is 18.8 Å². The van der Waals surface area contributed by atoms with E-state index < -0.39 is 5.60 Å². The largest absolute Gasteiger partial charge is 0.384 e. The Kier molecular flexibility index (Phi) is 4.31. The summed E-state index contributed by atoms with van der Waals surface area (Å²) in [6, 6.07) is 0.401. The molecule has 0 aromatic carbocycles. The molecule has 0 radical (unpaired) electrons. The molecule has 0 bridgehead atoms. The summed E-state index contributed by atoms with van der Waals surface area (Å²) in [5.41, 5.74) is -0.726. The van der Waals surface area contributed by atoms with Crippen molar-refractivity contribution >= 4 is 0 Å². The molecule has 1 aliphatic carbocycles. The lowest BCUT2D eigenvalue weighted by molar-refractivity contribution is 0.0736. The number of hydrogen-bond acceptors (Lipinski definition) is 6. The van der Waals surface area contributed by atoms with Gasteiger partial charge in [-0.05, 0) is 26.7 Å². The lowest BCUT2D eigenvalue weighted by Gasteiger charge is -2.32. The first-order valence-corrected chi connectivity index (χ1v) is 7.95. The van der Waals surface area contributed by atoms with Crippen LogP contribution in [0.4, 0.5) is 0 Å². The van der Waals surface area contributed by atoms with Crippen LogP contribution in [0.2, 0.25) is 0 Å². The number of hydrogen-bond donors (Lipinski definition) is 4. The molecule has 2 aromatic rings. The molecule has 9 heteroatoms. The normalized spacial score (nSPS) is 22.4. The summed E-state index contributed by atoms with van der Waals surface area (Å²) in [7, 11) is 0. The van der Waals surface area contributed by atoms with Gasteiger partial charge in [-0.25, -0.2) is 14.6 Å². The van der Waals surface area contributed by atoms with Gasteiger partial charge in [0.2, 0.25) is 0 Å². The van der Waals surface area contributed by atoms with Crippen molar-refractivity contribution in [2.45, 2.75) is 63.8 Å². The molecule has 23 heavy (non-hydrogen) atoms. The molecule has 0 unspecified atom stereocenters. The van der Waals surface area contributed by atoms with Crippen LogP contribution in [0.5, 0.6) is 0 Å². The van der Waals surface area contributed by atoms with E-state index in [1.165, 1.54) is 0 Å². The fraction of sp³-hybridized carbons (Fsp3) is 0.714. The maximum absolute atomic E-state index is 11.1. The second-order valence-electron chi connectivity index (χ2n) is 6.61. The zero-order valence-corrected chi connectivity index (χ0v) is 13.4. The molecule has 9 nitrogen and oxygen atoms in total. The van der Waals surface area contributed by atoms with Gasteiger partial charge in [-0.2, -0.15) is 5.10 Å². The Morgan fingerprint density at radius 2 is 2.22 bits per heavy atom. The first-order chi connectivity index (χ1) is 10.9. The van der Waals surface area contributed by atoms with Crippen LogP contribution in [-0.4, -0.2) is 41.3 Å². The van der Waals surface area contributed by atoms with Crippen molar-refractivity contribution in [3.63, 3.8) is 0 Å². The summed E-state index contributed by atoms with van der Waals surface area (Å²) in [6.45, 7) is 3.89. The Hall–Kier alpha value is -2.00. The molecule has 0 spiro atoms. The van der Waals surface area contributed by atoms with E-state index in [0.29, 0.717) is 18.1 Å². The van der Waals surface area contributed by atoms with E-state index >= 15 is 0 Å². The predicted octanol–water partition coefficient (Wildman–Crippen LogP) is 0.190. The van der Waals surface area contributed by atoms with E-state index in [1.54, 1.807) is 13.8 Å². The van der Waals surface area contributed by atoms with Gasteiger partial charge in [-0.3, -0.25) is 4.98 Å². The minimum atomic E-state index is -0.996. The van der Waals surface area contributed by atoms with Gasteiger partial charge in [-0.15, -0.1) is 5.10 Å². The van der Waals surface area contributed by atoms with Crippen molar-refractivity contribution < 1.29 is 5.11 Å². The summed E-state index contributed by atoms with van der Waals surface area (Å²) in [6.07, 6.45) is 6.14. The van der Waals surface area contributed by atoms with Crippen LogP contribution >= 0.6 is 0 Å². The molecule has 1 saturated carbocycles. The average Bonchev–Trinajstić information content (AvgIpc) is 3.14. The SMILES string of the molecule is CC(C)(O)c1cn([C@@H]2CCCC[C@@H]2NCc2n[nH]c(=O)[nH]2)nn1. The molecule has 2 aromatic heterocycles. The fourth-order valence-corrected chi connectivity index (χ4v) is 3.00. The number of rotatable bonds is 5. The topological polar surface area (TPSA) is 125 Å². The smallest absolute Gasteiger partial charge is 0.340 e. The Labute approximate surface area is 133 Å². The number of aromatic nitrogens is 6. The number of aromatic amines is 2. The van der Waals surface area contributed by atoms with Crippen LogP contribution in [0.1, 0.15) is 57.1 Å². The number of H-pyrrole nitrogens is 2. The van der Waals surface area contributed by atoms with Gasteiger partial charge in [0, 0.05) is 6.04 Å². The highest BCUT2D eigenvalue weighted by molar-refractivity contribution is 5.04. The summed E-state index contributed by atoms with van der Waals surface area (Å²) in [5, 5.41) is 28.1. The molecule has 2 heterocycles. The summed E-state index contributed by atoms with van der Waals surface area (Å²) in [4.78, 5) is 13.7. The van der Waals surface area contributed by atoms with Crippen LogP contribution in [-0.2, 0) is 12.1 Å². The third-order valence-corrected chi connectivity index (χ3v) is 4.29. The molecule has 126 valence electrons. The number of nitrogens with zero attached hydrogens (tertiary/aromatic N) is 4. The van der Waals surface area contributed by atoms with Crippen LogP contribution in [0.25, 0.3) is 0 Å². The molecular formula is C14H23N7O2. The summed E-state index contributed by atoms with van der Waals surface area (Å²) >= 11 is 0. The Balaban J connectivity index is 1.70. The first kappa shape index (κ1) is 15.9. The molecule has 1 fully saturated rings. The van der Waals surface area contributed by atoms with Crippen LogP contribution in [0.15, 0.2) is 11.0 Å². The quantitative estimate of drug-likeness (QED) is 0.623. The molecular weight excluding hydrogens is 298 g/mol. The average molecular weight is 321 g/mol. The van der Waals surface area contributed by atoms with Crippen LogP contribution in [0.3, 0.4) is 0 Å². The highest BCUT2D eigenvalue weighted by atomic mass is 16.3. The molecule has 0 amide bonds. The number of aliphatic hydroxyl groups is 1. The zero-order valence-electron chi connectivity index (χ0n) is 13.4. The van der Waals surface area contributed by atoms with Crippen molar-refractivity contribution in [3.05, 3.63) is 28.2 Å². The standard InChI is InChI=1S/C14H23N7O2/c1-14(2,23)11-8-21(20-17-11)10-6-4-3-5-9(10)15-7-12-16-13(22)19-18-12/h8-10,15,23H,3-7H2,1-2H3,(H2,16,18,19,22)/t9-,10+/m0/s1. The lowest BCUT2D eigenvalue weighted by Crippen LogP contribution is -2.40. The molecule has 4 N–H and O–H groups in total. The van der Waals surface area contributed by atoms with E-state index in [2.05, 4.69) is 30.8 Å². The van der Waals surface area contributed by atoms with Crippen molar-refractivity contribution in [2.24, 2.45) is 0 Å². The summed E-state index contributed by atoms with van der Waals surface area (Å²) < 4.78 is 1.84. The van der Waals surface area contributed by atoms with E-state index in [9.17, 15) is 9.90 Å². The van der Waals surface area contributed by atoms with Crippen LogP contribution < -0.4 is 11.0 Å². The monoisotopic (exact) mass is 321 g/mol. The Bertz CT molecular complexity index is 696. The fourth-order valence-electron chi connectivity index (χ4n) is 3.00. The Morgan fingerprint density at radius 1 is 1.43 bits per heavy atom. The maximum Gasteiger partial charge on any atom is 0.340 e. The maximum atomic E-state index is 11.1. The molecule has 0 aliphatic heterocycles. The minimum Gasteiger partial charge on any atom is -0.384 e. The molecule has 2 atom stereocenters. The van der Waals surface area contributed by atoms with E-state index in [0.717, 1.165) is 25.7 Å². The van der Waals surface area contributed by atoms with E-state index in [1.807, 2.05) is 10.9 Å². The van der Waals surface area contributed by atoms with Crippen molar-refractivity contribution in [3.8, 4) is 0 Å². The Morgan fingerprint density at radius 3 is 2.87 bits per heavy atom. The van der Waals surface area contributed by atoms with Crippen LogP contribution in [0, 0.1) is 0 Å². The second-order valence-corrected chi connectivity index (χ2v) is 6.61. The van der Waals surface area contributed by atoms with Gasteiger partial charge < -0.3 is 10.4 Å². The van der Waals surface area contributed by atoms with Crippen molar-refractivity contribution in [2.75, 3.05) is 0 Å². The van der Waals surface area contributed by atoms with Crippen molar-refractivity contribution in [1.82, 2.24) is 35.5 Å². The zero-order chi connectivity index (χ0) is 16.4. The molecule has 3 rings (SSSR count). The van der Waals surface area contributed by atoms with Crippen molar-refractivity contribution in [1.29, 1.82) is 0 Å². The summed E-state index contributed by atoms with van der Waals surface area (Å²) in [5.74, 6) is 0.593. The second kappa shape index (κ2) is 6.25. The van der Waals surface area contributed by atoms with Gasteiger partial charge in [0.25, 0.3) is 0 Å². The van der Waals surface area contributed by atoms with E-state index in [-0.39, 0.29) is 17.8 Å². The highest BCUT2D eigenvalue weighted by Gasteiger charge is 2.29. The lowest BCUT2D eigenvalue weighted by atomic mass is 9.90. The third-order valence-electron chi connectivity index (χ3n) is 4.29. The third kappa shape index (κ3) is 3.67. The number of nitrogens with one attached hydrogen (secondary N) is 3. The first-order valence-electron chi connectivity index (χ1n) is 7.95. The predicted molar refractivity (Wildman–Crippen MR) is 82.6 cm³/mol. The molecule has 1 aliphatic rings. The van der Waals surface area contributed by atoms with E-state index in [4.69, 9.17) is 0 Å². The highest BCUT2D eigenvalue weighted by Crippen LogP contribution is 2.29. The van der Waals surface area contributed by atoms with Gasteiger partial charge in [0.1, 0.15) is 17.1 Å². The minimum absolute atomic E-state index is 0.179. The van der Waals surface area contributed by atoms with Gasteiger partial charge in [0.15, 0.2) is 0 Å². The van der Waals surface area contributed by atoms with Gasteiger partial charge >= 0.3 is 5.69 Å². The van der Waals surface area contributed by atoms with Gasteiger partial charge in [-0.1, -0.05) is 18.1 Å².